The summed E-state index contributed by atoms with van der Waals surface area (Å²) in [6.45, 7) is 4.45. The van der Waals surface area contributed by atoms with E-state index in [1.807, 2.05) is 0 Å². The molecule has 0 radical (unpaired) electrons. The van der Waals surface area contributed by atoms with E-state index in [4.69, 9.17) is 9.47 Å². The van der Waals surface area contributed by atoms with Gasteiger partial charge in [0.2, 0.25) is 0 Å². The quantitative estimate of drug-likeness (QED) is 0.750. The fourth-order valence-corrected chi connectivity index (χ4v) is 2.84. The molecule has 0 unspecified atom stereocenters. The second-order valence-corrected chi connectivity index (χ2v) is 6.33. The Morgan fingerprint density at radius 1 is 1.18 bits per heavy atom. The molecule has 1 fully saturated rings. The van der Waals surface area contributed by atoms with E-state index >= 15 is 0 Å². The lowest BCUT2D eigenvalue weighted by Gasteiger charge is -2.26. The first-order valence-corrected chi connectivity index (χ1v) is 9.15. The van der Waals surface area contributed by atoms with Crippen molar-refractivity contribution in [3.05, 3.63) is 53.9 Å². The molecular formula is C20H24N4O4. The molecule has 0 atom stereocenters. The molecule has 2 amide bonds. The van der Waals surface area contributed by atoms with Crippen LogP contribution >= 0.6 is 0 Å². The highest BCUT2D eigenvalue weighted by molar-refractivity contribution is 6.05. The van der Waals surface area contributed by atoms with Crippen molar-refractivity contribution in [1.29, 1.82) is 0 Å². The number of hydrogen-bond donors (Lipinski definition) is 2. The zero-order chi connectivity index (χ0) is 19.8. The molecule has 3 rings (SSSR count). The highest BCUT2D eigenvalue weighted by atomic mass is 16.5. The fraction of sp³-hybridized carbons (Fsp3) is 0.350. The van der Waals surface area contributed by atoms with E-state index < -0.39 is 0 Å². The lowest BCUT2D eigenvalue weighted by atomic mass is 10.2. The summed E-state index contributed by atoms with van der Waals surface area (Å²) in [7, 11) is 1.56. The number of ether oxygens (including phenoxy) is 2. The second kappa shape index (κ2) is 9.82. The first-order chi connectivity index (χ1) is 13.7. The minimum absolute atomic E-state index is 0.209. The molecule has 1 aliphatic heterocycles. The van der Waals surface area contributed by atoms with Crippen LogP contribution in [0.2, 0.25) is 0 Å². The van der Waals surface area contributed by atoms with Gasteiger partial charge in [0.15, 0.2) is 0 Å². The van der Waals surface area contributed by atoms with Crippen molar-refractivity contribution in [3.8, 4) is 5.75 Å². The molecule has 28 heavy (non-hydrogen) atoms. The zero-order valence-corrected chi connectivity index (χ0v) is 15.8. The maximum atomic E-state index is 12.5. The van der Waals surface area contributed by atoms with Crippen molar-refractivity contribution in [2.24, 2.45) is 0 Å². The van der Waals surface area contributed by atoms with Crippen LogP contribution in [0.25, 0.3) is 0 Å². The summed E-state index contributed by atoms with van der Waals surface area (Å²) in [4.78, 5) is 31.1. The number of carbonyl (C=O) groups is 2. The van der Waals surface area contributed by atoms with Gasteiger partial charge in [0.05, 0.1) is 20.3 Å². The highest BCUT2D eigenvalue weighted by Gasteiger charge is 2.14. The molecule has 2 N–H and O–H groups in total. The van der Waals surface area contributed by atoms with E-state index in [0.717, 1.165) is 32.8 Å². The number of benzene rings is 1. The Morgan fingerprint density at radius 3 is 2.79 bits per heavy atom. The van der Waals surface area contributed by atoms with Crippen LogP contribution in [0.5, 0.6) is 5.75 Å². The van der Waals surface area contributed by atoms with Gasteiger partial charge < -0.3 is 20.1 Å². The minimum atomic E-state index is -0.321. The molecule has 1 aromatic heterocycles. The number of nitrogens with one attached hydrogen (secondary N) is 2. The lowest BCUT2D eigenvalue weighted by Crippen LogP contribution is -2.41. The predicted molar refractivity (Wildman–Crippen MR) is 105 cm³/mol. The Bertz CT molecular complexity index is 821. The SMILES string of the molecule is COc1cccc(NC(=O)c2ccnc(C(=O)NCCN3CCOCC3)c2)c1. The van der Waals surface area contributed by atoms with E-state index in [0.29, 0.717) is 23.5 Å². The van der Waals surface area contributed by atoms with E-state index in [9.17, 15) is 9.59 Å². The number of pyridine rings is 1. The first kappa shape index (κ1) is 19.8. The summed E-state index contributed by atoms with van der Waals surface area (Å²) in [5.41, 5.74) is 1.18. The molecule has 0 aliphatic carbocycles. The Kier molecular flexibility index (Phi) is 6.94. The van der Waals surface area contributed by atoms with Crippen LogP contribution in [0.15, 0.2) is 42.6 Å². The van der Waals surface area contributed by atoms with Crippen molar-refractivity contribution in [3.63, 3.8) is 0 Å². The maximum absolute atomic E-state index is 12.5. The maximum Gasteiger partial charge on any atom is 0.269 e. The van der Waals surface area contributed by atoms with Gasteiger partial charge in [0.25, 0.3) is 11.8 Å². The van der Waals surface area contributed by atoms with Crippen molar-refractivity contribution in [1.82, 2.24) is 15.2 Å². The van der Waals surface area contributed by atoms with Crippen LogP contribution in [0, 0.1) is 0 Å². The summed E-state index contributed by atoms with van der Waals surface area (Å²) in [5, 5.41) is 5.63. The number of aromatic nitrogens is 1. The molecule has 0 bridgehead atoms. The molecule has 148 valence electrons. The van der Waals surface area contributed by atoms with E-state index in [1.54, 1.807) is 37.4 Å². The van der Waals surface area contributed by atoms with Crippen molar-refractivity contribution in [2.75, 3.05) is 51.8 Å². The van der Waals surface area contributed by atoms with Gasteiger partial charge >= 0.3 is 0 Å². The molecule has 8 heteroatoms. The number of nitrogens with zero attached hydrogens (tertiary/aromatic N) is 2. The molecular weight excluding hydrogens is 360 g/mol. The zero-order valence-electron chi connectivity index (χ0n) is 15.8. The molecule has 0 spiro atoms. The minimum Gasteiger partial charge on any atom is -0.497 e. The Hall–Kier alpha value is -2.97. The van der Waals surface area contributed by atoms with Gasteiger partial charge in [-0.2, -0.15) is 0 Å². The third kappa shape index (κ3) is 5.51. The molecule has 2 aromatic rings. The highest BCUT2D eigenvalue weighted by Crippen LogP contribution is 2.17. The number of methoxy groups -OCH3 is 1. The number of morpholine rings is 1. The van der Waals surface area contributed by atoms with Crippen LogP contribution in [-0.4, -0.2) is 68.2 Å². The fourth-order valence-electron chi connectivity index (χ4n) is 2.84. The van der Waals surface area contributed by atoms with E-state index in [2.05, 4.69) is 20.5 Å². The number of hydrogen-bond acceptors (Lipinski definition) is 6. The number of amides is 2. The van der Waals surface area contributed by atoms with Crippen LogP contribution < -0.4 is 15.4 Å². The summed E-state index contributed by atoms with van der Waals surface area (Å²) < 4.78 is 10.5. The normalized spacial score (nSPS) is 14.3. The van der Waals surface area contributed by atoms with Crippen LogP contribution in [-0.2, 0) is 4.74 Å². The Balaban J connectivity index is 1.56. The molecule has 1 aromatic carbocycles. The Labute approximate surface area is 163 Å². The molecule has 1 aliphatic rings. The summed E-state index contributed by atoms with van der Waals surface area (Å²) >= 11 is 0. The van der Waals surface area contributed by atoms with Crippen molar-refractivity contribution < 1.29 is 19.1 Å². The van der Waals surface area contributed by atoms with Crippen molar-refractivity contribution >= 4 is 17.5 Å². The summed E-state index contributed by atoms with van der Waals surface area (Å²) in [6, 6.07) is 10.1. The lowest BCUT2D eigenvalue weighted by molar-refractivity contribution is 0.0383. The van der Waals surface area contributed by atoms with Crippen LogP contribution in [0.1, 0.15) is 20.8 Å². The van der Waals surface area contributed by atoms with Crippen molar-refractivity contribution in [2.45, 2.75) is 0 Å². The first-order valence-electron chi connectivity index (χ1n) is 9.15. The Morgan fingerprint density at radius 2 is 2.00 bits per heavy atom. The van der Waals surface area contributed by atoms with Crippen LogP contribution in [0.4, 0.5) is 5.69 Å². The van der Waals surface area contributed by atoms with Gasteiger partial charge in [-0.3, -0.25) is 19.5 Å². The number of rotatable bonds is 7. The van der Waals surface area contributed by atoms with Gasteiger partial charge in [-0.1, -0.05) is 6.07 Å². The number of anilines is 1. The summed E-state index contributed by atoms with van der Waals surface area (Å²) in [6.07, 6.45) is 1.46. The average Bonchev–Trinajstić information content (AvgIpc) is 2.74. The topological polar surface area (TPSA) is 92.8 Å². The van der Waals surface area contributed by atoms with Gasteiger partial charge in [0.1, 0.15) is 11.4 Å². The van der Waals surface area contributed by atoms with Gasteiger partial charge in [-0.15, -0.1) is 0 Å². The largest absolute Gasteiger partial charge is 0.497 e. The third-order valence-electron chi connectivity index (χ3n) is 4.40. The smallest absolute Gasteiger partial charge is 0.269 e. The van der Waals surface area contributed by atoms with Gasteiger partial charge in [0, 0.05) is 49.7 Å². The molecule has 0 saturated carbocycles. The van der Waals surface area contributed by atoms with Gasteiger partial charge in [-0.25, -0.2) is 0 Å². The monoisotopic (exact) mass is 384 g/mol. The second-order valence-electron chi connectivity index (χ2n) is 6.33. The molecule has 1 saturated heterocycles. The molecule has 8 nitrogen and oxygen atoms in total. The van der Waals surface area contributed by atoms with E-state index in [-0.39, 0.29) is 17.5 Å². The summed E-state index contributed by atoms with van der Waals surface area (Å²) in [5.74, 6) is 0.0233. The van der Waals surface area contributed by atoms with Gasteiger partial charge in [-0.05, 0) is 24.3 Å². The molecule has 2 heterocycles. The standard InChI is InChI=1S/C20H24N4O4/c1-27-17-4-2-3-16(14-17)23-19(25)15-5-6-21-18(13-15)20(26)22-7-8-24-9-11-28-12-10-24/h2-6,13-14H,7-12H2,1H3,(H,22,26)(H,23,25). The number of carbonyl (C=O) groups excluding carboxylic acids is 2. The van der Waals surface area contributed by atoms with E-state index in [1.165, 1.54) is 12.3 Å². The third-order valence-corrected chi connectivity index (χ3v) is 4.40. The average molecular weight is 384 g/mol. The van der Waals surface area contributed by atoms with Crippen LogP contribution in [0.3, 0.4) is 0 Å². The predicted octanol–water partition coefficient (Wildman–Crippen LogP) is 1.40.